The van der Waals surface area contributed by atoms with Gasteiger partial charge in [-0.25, -0.2) is 14.4 Å². The molecule has 14 nitrogen and oxygen atoms in total. The lowest BCUT2D eigenvalue weighted by Gasteiger charge is -2.56. The SMILES string of the molecule is COc1cc(C)c(C(=O)O[C@H]2[C@@H](O)[C@@H](O)[C@H](O[C@H]3CC[C@H](C)[C@@H]4[C@@H]3C=C(C)[C@H]3/C(C)=C/CC/C(C)=C/[C@]5(C)C=C(C(=O)O)[C@H](C)C[C@]56OC(=O)C(=C(O)[C@@]43C)C6=O)O[C@@H]2C)c(OC)c1. The zero-order valence-electron chi connectivity index (χ0n) is 38.7. The van der Waals surface area contributed by atoms with E-state index >= 15 is 4.79 Å². The van der Waals surface area contributed by atoms with E-state index in [1.54, 1.807) is 45.9 Å². The second kappa shape index (κ2) is 17.2. The van der Waals surface area contributed by atoms with Gasteiger partial charge >= 0.3 is 17.9 Å². The first-order valence-electron chi connectivity index (χ1n) is 22.4. The first kappa shape index (κ1) is 47.2. The van der Waals surface area contributed by atoms with Crippen molar-refractivity contribution in [2.75, 3.05) is 14.2 Å². The molecule has 4 aliphatic carbocycles. The molecule has 348 valence electrons. The fourth-order valence-electron chi connectivity index (χ4n) is 12.4. The third kappa shape index (κ3) is 7.51. The summed E-state index contributed by atoms with van der Waals surface area (Å²) < 4.78 is 35.7. The molecule has 6 aliphatic rings. The number of benzene rings is 1. The number of hydrogen-bond acceptors (Lipinski definition) is 13. The van der Waals surface area contributed by atoms with E-state index in [0.29, 0.717) is 37.0 Å². The van der Waals surface area contributed by atoms with Crippen LogP contribution in [0.2, 0.25) is 0 Å². The molecule has 0 aromatic heterocycles. The third-order valence-electron chi connectivity index (χ3n) is 15.3. The van der Waals surface area contributed by atoms with Crippen LogP contribution >= 0.6 is 0 Å². The Morgan fingerprint density at radius 1 is 0.922 bits per heavy atom. The first-order chi connectivity index (χ1) is 30.0. The van der Waals surface area contributed by atoms with Crippen LogP contribution in [0, 0.1) is 47.3 Å². The second-order valence-corrected chi connectivity index (χ2v) is 19.6. The van der Waals surface area contributed by atoms with Gasteiger partial charge in [-0.1, -0.05) is 61.8 Å². The molecule has 0 unspecified atom stereocenters. The number of carbonyl (C=O) groups is 4. The van der Waals surface area contributed by atoms with Crippen molar-refractivity contribution in [3.63, 3.8) is 0 Å². The number of carboxylic acids is 1. The molecule has 4 N–H and O–H groups in total. The van der Waals surface area contributed by atoms with Crippen LogP contribution < -0.4 is 9.47 Å². The van der Waals surface area contributed by atoms with Gasteiger partial charge < -0.3 is 48.8 Å². The Hall–Kier alpha value is -4.76. The maximum absolute atomic E-state index is 15.2. The minimum atomic E-state index is -1.80. The number of rotatable bonds is 7. The molecule has 1 saturated carbocycles. The summed E-state index contributed by atoms with van der Waals surface area (Å²) >= 11 is 0. The summed E-state index contributed by atoms with van der Waals surface area (Å²) in [6, 6.07) is 3.21. The molecule has 2 aliphatic heterocycles. The van der Waals surface area contributed by atoms with Gasteiger partial charge in [0.2, 0.25) is 5.78 Å². The molecule has 2 bridgehead atoms. The third-order valence-corrected chi connectivity index (χ3v) is 15.3. The molecule has 1 aromatic rings. The topological polar surface area (TPSA) is 205 Å². The molecule has 14 heteroatoms. The fourth-order valence-corrected chi connectivity index (χ4v) is 12.4. The summed E-state index contributed by atoms with van der Waals surface area (Å²) in [4.78, 5) is 55.6. The highest BCUT2D eigenvalue weighted by Crippen LogP contribution is 2.62. The number of carboxylic acid groups (broad SMARTS) is 1. The van der Waals surface area contributed by atoms with E-state index in [2.05, 4.69) is 19.1 Å². The van der Waals surface area contributed by atoms with Crippen LogP contribution in [0.4, 0.5) is 0 Å². The fraction of sp³-hybridized carbons (Fsp3) is 0.600. The van der Waals surface area contributed by atoms with Crippen LogP contribution in [0.15, 0.2) is 70.1 Å². The largest absolute Gasteiger partial charge is 0.511 e. The van der Waals surface area contributed by atoms with Gasteiger partial charge in [-0.3, -0.25) is 4.79 Å². The van der Waals surface area contributed by atoms with E-state index in [9.17, 15) is 34.8 Å². The molecular weight excluding hydrogens is 825 g/mol. The molecular formula is C50H64O14. The van der Waals surface area contributed by atoms with E-state index in [1.165, 1.54) is 14.2 Å². The molecule has 1 spiro atoms. The zero-order chi connectivity index (χ0) is 47.0. The summed E-state index contributed by atoms with van der Waals surface area (Å²) in [6.07, 6.45) is 2.58. The normalized spacial score (nSPS) is 40.5. The first-order valence-corrected chi connectivity index (χ1v) is 22.4. The van der Waals surface area contributed by atoms with Crippen molar-refractivity contribution in [3.05, 3.63) is 81.2 Å². The molecule has 14 atom stereocenters. The minimum absolute atomic E-state index is 0.0664. The number of esters is 2. The van der Waals surface area contributed by atoms with E-state index < -0.39 is 106 Å². The highest BCUT2D eigenvalue weighted by atomic mass is 16.7. The predicted octanol–water partition coefficient (Wildman–Crippen LogP) is 7.05. The smallest absolute Gasteiger partial charge is 0.346 e. The van der Waals surface area contributed by atoms with E-state index in [4.69, 9.17) is 28.4 Å². The lowest BCUT2D eigenvalue weighted by Crippen LogP contribution is -2.60. The number of carbonyl (C=O) groups excluding carboxylic acids is 3. The number of aliphatic hydroxyl groups excluding tert-OH is 3. The van der Waals surface area contributed by atoms with Crippen LogP contribution in [-0.4, -0.2) is 101 Å². The maximum Gasteiger partial charge on any atom is 0.346 e. The Labute approximate surface area is 375 Å². The number of ketones is 1. The Morgan fingerprint density at radius 3 is 2.28 bits per heavy atom. The van der Waals surface area contributed by atoms with Crippen LogP contribution in [0.25, 0.3) is 0 Å². The second-order valence-electron chi connectivity index (χ2n) is 19.6. The number of methoxy groups -OCH3 is 2. The summed E-state index contributed by atoms with van der Waals surface area (Å²) in [7, 11) is 2.91. The summed E-state index contributed by atoms with van der Waals surface area (Å²) in [5, 5.41) is 46.2. The van der Waals surface area contributed by atoms with Crippen molar-refractivity contribution in [1.29, 1.82) is 0 Å². The van der Waals surface area contributed by atoms with E-state index in [1.807, 2.05) is 33.8 Å². The lowest BCUT2D eigenvalue weighted by atomic mass is 9.49. The van der Waals surface area contributed by atoms with Crippen LogP contribution in [0.5, 0.6) is 11.5 Å². The molecule has 0 amide bonds. The quantitative estimate of drug-likeness (QED) is 0.123. The molecule has 2 heterocycles. The van der Waals surface area contributed by atoms with Gasteiger partial charge in [-0.2, -0.15) is 0 Å². The Kier molecular flexibility index (Phi) is 12.7. The van der Waals surface area contributed by atoms with Crippen molar-refractivity contribution in [1.82, 2.24) is 0 Å². The number of hydrogen-bond donors (Lipinski definition) is 4. The predicted molar refractivity (Wildman–Crippen MR) is 233 cm³/mol. The zero-order valence-corrected chi connectivity index (χ0v) is 38.7. The van der Waals surface area contributed by atoms with Gasteiger partial charge in [0.1, 0.15) is 40.6 Å². The molecule has 1 aromatic carbocycles. The maximum atomic E-state index is 15.2. The van der Waals surface area contributed by atoms with Crippen LogP contribution in [0.1, 0.15) is 103 Å². The van der Waals surface area contributed by atoms with Gasteiger partial charge in [0.15, 0.2) is 18.0 Å². The Balaban J connectivity index is 1.24. The van der Waals surface area contributed by atoms with Gasteiger partial charge in [0.25, 0.3) is 0 Å². The van der Waals surface area contributed by atoms with Gasteiger partial charge in [0.05, 0.1) is 31.8 Å². The number of fused-ring (bicyclic) bond motifs is 4. The van der Waals surface area contributed by atoms with Crippen molar-refractivity contribution in [2.45, 2.75) is 137 Å². The Morgan fingerprint density at radius 2 is 1.62 bits per heavy atom. The van der Waals surface area contributed by atoms with Gasteiger partial charge in [-0.05, 0) is 96.6 Å². The number of aryl methyl sites for hydroxylation is 1. The molecule has 2 saturated heterocycles. The summed E-state index contributed by atoms with van der Waals surface area (Å²) in [5.74, 6) is -5.18. The average Bonchev–Trinajstić information content (AvgIpc) is 3.47. The number of aliphatic hydroxyl groups is 3. The molecule has 64 heavy (non-hydrogen) atoms. The highest BCUT2D eigenvalue weighted by molar-refractivity contribution is 6.26. The molecule has 0 radical (unpaired) electrons. The van der Waals surface area contributed by atoms with Gasteiger partial charge in [-0.15, -0.1) is 0 Å². The monoisotopic (exact) mass is 888 g/mol. The van der Waals surface area contributed by atoms with E-state index in [0.717, 1.165) is 16.7 Å². The van der Waals surface area contributed by atoms with E-state index in [-0.39, 0.29) is 35.0 Å². The Bertz CT molecular complexity index is 2270. The van der Waals surface area contributed by atoms with Crippen molar-refractivity contribution >= 4 is 23.7 Å². The van der Waals surface area contributed by atoms with Gasteiger partial charge in [0, 0.05) is 35.3 Å². The van der Waals surface area contributed by atoms with Crippen molar-refractivity contribution < 1.29 is 68.0 Å². The number of aliphatic carboxylic acids is 1. The van der Waals surface area contributed by atoms with Crippen LogP contribution in [0.3, 0.4) is 0 Å². The average molecular weight is 889 g/mol. The standard InChI is InChI=1S/C50H64O14/c1-23-13-12-14-24(2)37-27(5)18-31-33(62-47-40(52)39(51)41(29(7)61-47)63-45(57)35-26(4)17-30(59-10)19-34(35)60-11)16-15-25(3)38(31)49(37,9)42(53)36-43(54)50(64-46(36)58)21-28(6)32(44(55)56)22-48(50,8)20-23/h14,17-20,22,25,28-29,31,33,37-41,47,51-53H,12-13,15-16,21H2,1-11H3,(H,55,56)/b23-20+,24-14+,42-36?/t25-,28+,29+,31+,33-,37+,38+,39-,40+,41+,47-,48+,49+,50+/m0/s1. The summed E-state index contributed by atoms with van der Waals surface area (Å²) in [5.41, 5.74) is -1.28. The van der Waals surface area contributed by atoms with Crippen LogP contribution in [-0.2, 0) is 33.3 Å². The number of allylic oxidation sites excluding steroid dienone is 5. The van der Waals surface area contributed by atoms with Crippen molar-refractivity contribution in [3.8, 4) is 11.5 Å². The molecule has 7 rings (SSSR count). The number of Topliss-reactive ketones (excluding diaryl/α,β-unsaturated/α-hetero) is 1. The summed E-state index contributed by atoms with van der Waals surface area (Å²) in [6.45, 7) is 16.6. The molecule has 3 fully saturated rings. The minimum Gasteiger partial charge on any atom is -0.511 e. The lowest BCUT2D eigenvalue weighted by molar-refractivity contribution is -0.311. The number of ether oxygens (including phenoxy) is 6. The highest BCUT2D eigenvalue weighted by Gasteiger charge is 2.67. The van der Waals surface area contributed by atoms with Crippen molar-refractivity contribution in [2.24, 2.45) is 40.4 Å².